The third-order valence-corrected chi connectivity index (χ3v) is 2.80. The monoisotopic (exact) mass is 284 g/mol. The molecule has 0 saturated heterocycles. The van der Waals surface area contributed by atoms with Gasteiger partial charge in [-0.1, -0.05) is 0 Å². The molecule has 0 atom stereocenters. The smallest absolute Gasteiger partial charge is 0.248 e. The SMILES string of the molecule is COc1ccc(NC(=O)C=Cc2ccncc2)c(OC)c1. The van der Waals surface area contributed by atoms with E-state index in [0.717, 1.165) is 5.56 Å². The van der Waals surface area contributed by atoms with Gasteiger partial charge < -0.3 is 14.8 Å². The number of anilines is 1. The highest BCUT2D eigenvalue weighted by Crippen LogP contribution is 2.28. The topological polar surface area (TPSA) is 60.5 Å². The zero-order valence-corrected chi connectivity index (χ0v) is 11.9. The van der Waals surface area contributed by atoms with Gasteiger partial charge in [-0.25, -0.2) is 0 Å². The number of hydrogen-bond acceptors (Lipinski definition) is 4. The van der Waals surface area contributed by atoms with Crippen molar-refractivity contribution in [3.8, 4) is 11.5 Å². The zero-order valence-electron chi connectivity index (χ0n) is 11.9. The Hall–Kier alpha value is -2.82. The Balaban J connectivity index is 2.07. The highest BCUT2D eigenvalue weighted by Gasteiger charge is 2.06. The molecule has 108 valence electrons. The van der Waals surface area contributed by atoms with Gasteiger partial charge >= 0.3 is 0 Å². The lowest BCUT2D eigenvalue weighted by molar-refractivity contribution is -0.111. The predicted octanol–water partition coefficient (Wildman–Crippen LogP) is 2.75. The third kappa shape index (κ3) is 4.07. The Morgan fingerprint density at radius 1 is 1.14 bits per heavy atom. The number of amides is 1. The molecular weight excluding hydrogens is 268 g/mol. The zero-order chi connectivity index (χ0) is 15.1. The summed E-state index contributed by atoms with van der Waals surface area (Å²) >= 11 is 0. The molecule has 21 heavy (non-hydrogen) atoms. The van der Waals surface area contributed by atoms with Gasteiger partial charge in [0.1, 0.15) is 11.5 Å². The van der Waals surface area contributed by atoms with Crippen LogP contribution in [0.25, 0.3) is 6.08 Å². The summed E-state index contributed by atoms with van der Waals surface area (Å²) in [5, 5.41) is 2.76. The quantitative estimate of drug-likeness (QED) is 0.858. The summed E-state index contributed by atoms with van der Waals surface area (Å²) in [6, 6.07) is 8.83. The number of pyridine rings is 1. The van der Waals surface area contributed by atoms with Crippen molar-refractivity contribution < 1.29 is 14.3 Å². The highest BCUT2D eigenvalue weighted by atomic mass is 16.5. The van der Waals surface area contributed by atoms with E-state index in [0.29, 0.717) is 17.2 Å². The van der Waals surface area contributed by atoms with Crippen molar-refractivity contribution in [1.82, 2.24) is 4.98 Å². The first-order valence-electron chi connectivity index (χ1n) is 6.34. The summed E-state index contributed by atoms with van der Waals surface area (Å²) in [5.41, 5.74) is 1.49. The molecule has 0 bridgehead atoms. The third-order valence-electron chi connectivity index (χ3n) is 2.80. The summed E-state index contributed by atoms with van der Waals surface area (Å²) < 4.78 is 10.3. The molecule has 0 aliphatic carbocycles. The Morgan fingerprint density at radius 3 is 2.57 bits per heavy atom. The second-order valence-corrected chi connectivity index (χ2v) is 4.17. The lowest BCUT2D eigenvalue weighted by Gasteiger charge is -2.10. The van der Waals surface area contributed by atoms with E-state index in [2.05, 4.69) is 10.3 Å². The summed E-state index contributed by atoms with van der Waals surface area (Å²) in [6.07, 6.45) is 6.51. The number of ether oxygens (including phenoxy) is 2. The Labute approximate surface area is 123 Å². The molecule has 1 aromatic carbocycles. The number of carbonyl (C=O) groups is 1. The molecule has 0 fully saturated rings. The molecule has 1 heterocycles. The molecule has 2 aromatic rings. The number of methoxy groups -OCH3 is 2. The number of nitrogens with one attached hydrogen (secondary N) is 1. The van der Waals surface area contributed by atoms with Gasteiger partial charge in [0.15, 0.2) is 0 Å². The van der Waals surface area contributed by atoms with Crippen LogP contribution in [0.3, 0.4) is 0 Å². The summed E-state index contributed by atoms with van der Waals surface area (Å²) in [6.45, 7) is 0. The van der Waals surface area contributed by atoms with E-state index >= 15 is 0 Å². The summed E-state index contributed by atoms with van der Waals surface area (Å²) in [7, 11) is 3.11. The molecule has 5 heteroatoms. The second kappa shape index (κ2) is 7.09. The van der Waals surface area contributed by atoms with E-state index < -0.39 is 0 Å². The minimum Gasteiger partial charge on any atom is -0.497 e. The van der Waals surface area contributed by atoms with Crippen LogP contribution >= 0.6 is 0 Å². The fourth-order valence-electron chi connectivity index (χ4n) is 1.72. The molecule has 0 spiro atoms. The van der Waals surface area contributed by atoms with E-state index in [4.69, 9.17) is 9.47 Å². The lowest BCUT2D eigenvalue weighted by Crippen LogP contribution is -2.08. The lowest BCUT2D eigenvalue weighted by atomic mass is 10.2. The molecule has 1 aromatic heterocycles. The van der Waals surface area contributed by atoms with Crippen LogP contribution in [0.5, 0.6) is 11.5 Å². The minimum atomic E-state index is -0.240. The maximum absolute atomic E-state index is 11.9. The van der Waals surface area contributed by atoms with Crippen LogP contribution in [0, 0.1) is 0 Å². The van der Waals surface area contributed by atoms with Gasteiger partial charge in [0, 0.05) is 24.5 Å². The predicted molar refractivity (Wildman–Crippen MR) is 81.4 cm³/mol. The van der Waals surface area contributed by atoms with Crippen LogP contribution in [0.2, 0.25) is 0 Å². The summed E-state index contributed by atoms with van der Waals surface area (Å²) in [5.74, 6) is 0.965. The van der Waals surface area contributed by atoms with Gasteiger partial charge in [-0.05, 0) is 35.9 Å². The molecule has 0 unspecified atom stereocenters. The standard InChI is InChI=1S/C16H16N2O3/c1-20-13-4-5-14(15(11-13)21-2)18-16(19)6-3-12-7-9-17-10-8-12/h3-11H,1-2H3,(H,18,19). The Kier molecular flexibility index (Phi) is 4.93. The molecule has 2 rings (SSSR count). The van der Waals surface area contributed by atoms with Gasteiger partial charge in [-0.15, -0.1) is 0 Å². The van der Waals surface area contributed by atoms with Crippen LogP contribution in [0.15, 0.2) is 48.8 Å². The van der Waals surface area contributed by atoms with Crippen LogP contribution < -0.4 is 14.8 Å². The average molecular weight is 284 g/mol. The van der Waals surface area contributed by atoms with Gasteiger partial charge in [0.25, 0.3) is 0 Å². The number of nitrogens with zero attached hydrogens (tertiary/aromatic N) is 1. The normalized spacial score (nSPS) is 10.4. The van der Waals surface area contributed by atoms with E-state index in [1.165, 1.54) is 13.2 Å². The van der Waals surface area contributed by atoms with Gasteiger partial charge in [0.2, 0.25) is 5.91 Å². The molecule has 0 aliphatic rings. The highest BCUT2D eigenvalue weighted by molar-refractivity contribution is 6.02. The molecule has 0 radical (unpaired) electrons. The maximum atomic E-state index is 11.9. The van der Waals surface area contributed by atoms with Crippen molar-refractivity contribution >= 4 is 17.7 Å². The first-order chi connectivity index (χ1) is 10.2. The van der Waals surface area contributed by atoms with E-state index in [9.17, 15) is 4.79 Å². The van der Waals surface area contributed by atoms with Gasteiger partial charge in [0.05, 0.1) is 19.9 Å². The first-order valence-corrected chi connectivity index (χ1v) is 6.34. The van der Waals surface area contributed by atoms with Crippen molar-refractivity contribution in [2.75, 3.05) is 19.5 Å². The number of hydrogen-bond donors (Lipinski definition) is 1. The molecule has 5 nitrogen and oxygen atoms in total. The first kappa shape index (κ1) is 14.6. The molecule has 1 N–H and O–H groups in total. The van der Waals surface area contributed by atoms with Crippen LogP contribution in [0.1, 0.15) is 5.56 Å². The number of rotatable bonds is 5. The van der Waals surface area contributed by atoms with E-state index in [-0.39, 0.29) is 5.91 Å². The van der Waals surface area contributed by atoms with Crippen molar-refractivity contribution in [3.05, 3.63) is 54.4 Å². The number of aromatic nitrogens is 1. The molecule has 0 saturated carbocycles. The maximum Gasteiger partial charge on any atom is 0.248 e. The largest absolute Gasteiger partial charge is 0.497 e. The van der Waals surface area contributed by atoms with E-state index in [1.54, 1.807) is 43.8 Å². The van der Waals surface area contributed by atoms with Gasteiger partial charge in [-0.3, -0.25) is 9.78 Å². The second-order valence-electron chi connectivity index (χ2n) is 4.17. The van der Waals surface area contributed by atoms with Crippen LogP contribution in [-0.2, 0) is 4.79 Å². The molecule has 1 amide bonds. The fourth-order valence-corrected chi connectivity index (χ4v) is 1.72. The van der Waals surface area contributed by atoms with Crippen molar-refractivity contribution in [2.45, 2.75) is 0 Å². The van der Waals surface area contributed by atoms with Crippen LogP contribution in [-0.4, -0.2) is 25.1 Å². The minimum absolute atomic E-state index is 0.240. The molecule has 0 aliphatic heterocycles. The Bertz CT molecular complexity index is 639. The van der Waals surface area contributed by atoms with Crippen LogP contribution in [0.4, 0.5) is 5.69 Å². The number of carbonyl (C=O) groups excluding carboxylic acids is 1. The van der Waals surface area contributed by atoms with Crippen molar-refractivity contribution in [2.24, 2.45) is 0 Å². The average Bonchev–Trinajstić information content (AvgIpc) is 2.54. The van der Waals surface area contributed by atoms with E-state index in [1.807, 2.05) is 12.1 Å². The van der Waals surface area contributed by atoms with Crippen molar-refractivity contribution in [3.63, 3.8) is 0 Å². The van der Waals surface area contributed by atoms with Gasteiger partial charge in [-0.2, -0.15) is 0 Å². The fraction of sp³-hybridized carbons (Fsp3) is 0.125. The van der Waals surface area contributed by atoms with Crippen molar-refractivity contribution in [1.29, 1.82) is 0 Å². The molecular formula is C16H16N2O3. The Morgan fingerprint density at radius 2 is 1.90 bits per heavy atom. The summed E-state index contributed by atoms with van der Waals surface area (Å²) in [4.78, 5) is 15.8. The number of benzene rings is 1.